The maximum absolute atomic E-state index is 12.6. The van der Waals surface area contributed by atoms with E-state index in [0.717, 1.165) is 61.5 Å². The number of hydrogen-bond acceptors (Lipinski definition) is 5. The molecule has 0 amide bonds. The summed E-state index contributed by atoms with van der Waals surface area (Å²) in [4.78, 5) is 9.31. The van der Waals surface area contributed by atoms with Crippen LogP contribution < -0.4 is 9.62 Å². The van der Waals surface area contributed by atoms with Crippen LogP contribution in [-0.4, -0.2) is 57.6 Å². The van der Waals surface area contributed by atoms with Crippen molar-refractivity contribution in [3.63, 3.8) is 0 Å². The molecule has 1 aliphatic heterocycles. The first-order valence-corrected chi connectivity index (χ1v) is 12.4. The number of halogens is 1. The molecule has 0 bridgehead atoms. The van der Waals surface area contributed by atoms with Gasteiger partial charge in [-0.2, -0.15) is 0 Å². The minimum absolute atomic E-state index is 0.283. The van der Waals surface area contributed by atoms with E-state index in [0.29, 0.717) is 6.54 Å². The molecular weight excluding hydrogens is 432 g/mol. The van der Waals surface area contributed by atoms with Crippen LogP contribution in [0.3, 0.4) is 0 Å². The fourth-order valence-electron chi connectivity index (χ4n) is 3.87. The van der Waals surface area contributed by atoms with E-state index >= 15 is 0 Å². The highest BCUT2D eigenvalue weighted by Gasteiger charge is 2.17. The smallest absolute Gasteiger partial charge is 0.240 e. The Morgan fingerprint density at radius 2 is 1.81 bits per heavy atom. The zero-order valence-corrected chi connectivity index (χ0v) is 18.9. The summed E-state index contributed by atoms with van der Waals surface area (Å²) in [6.07, 6.45) is 3.47. The third kappa shape index (κ3) is 5.74. The number of benzene rings is 2. The summed E-state index contributed by atoms with van der Waals surface area (Å²) in [5.41, 5.74) is 1.96. The number of sulfonamides is 1. The van der Waals surface area contributed by atoms with Gasteiger partial charge in [-0.3, -0.25) is 9.88 Å². The zero-order chi connectivity index (χ0) is 21.7. The van der Waals surface area contributed by atoms with Gasteiger partial charge in [0, 0.05) is 55.0 Å². The Bertz CT molecular complexity index is 1130. The second-order valence-electron chi connectivity index (χ2n) is 7.77. The molecule has 2 aromatic carbocycles. The van der Waals surface area contributed by atoms with Crippen molar-refractivity contribution < 1.29 is 8.42 Å². The molecule has 1 aliphatic rings. The number of aromatic nitrogens is 1. The predicted octanol–water partition coefficient (Wildman–Crippen LogP) is 3.77. The molecule has 0 unspecified atom stereocenters. The number of rotatable bonds is 8. The number of pyridine rings is 1. The molecule has 4 rings (SSSR count). The summed E-state index contributed by atoms with van der Waals surface area (Å²) in [5, 5.41) is 1.59. The normalized spacial score (nSPS) is 15.5. The van der Waals surface area contributed by atoms with Gasteiger partial charge in [0.1, 0.15) is 0 Å². The Morgan fingerprint density at radius 1 is 0.968 bits per heavy atom. The Hall–Kier alpha value is -2.19. The van der Waals surface area contributed by atoms with E-state index in [1.165, 1.54) is 5.69 Å². The Morgan fingerprint density at radius 3 is 2.61 bits per heavy atom. The summed E-state index contributed by atoms with van der Waals surface area (Å²) in [7, 11) is -3.51. The van der Waals surface area contributed by atoms with Gasteiger partial charge in [0.05, 0.1) is 10.4 Å². The highest BCUT2D eigenvalue weighted by Crippen LogP contribution is 2.21. The molecule has 3 aromatic rings. The molecule has 31 heavy (non-hydrogen) atoms. The van der Waals surface area contributed by atoms with Crippen molar-refractivity contribution >= 4 is 38.2 Å². The fraction of sp³-hybridized carbons (Fsp3) is 0.348. The van der Waals surface area contributed by atoms with Crippen LogP contribution in [0.25, 0.3) is 10.9 Å². The molecule has 2 heterocycles. The van der Waals surface area contributed by atoms with Gasteiger partial charge in [-0.1, -0.05) is 23.7 Å². The first-order chi connectivity index (χ1) is 15.0. The first kappa shape index (κ1) is 22.0. The summed E-state index contributed by atoms with van der Waals surface area (Å²) in [5.74, 6) is 0. The number of nitrogens with zero attached hydrogens (tertiary/aromatic N) is 3. The molecule has 0 spiro atoms. The van der Waals surface area contributed by atoms with Crippen LogP contribution in [0, 0.1) is 0 Å². The van der Waals surface area contributed by atoms with Crippen LogP contribution in [0.1, 0.15) is 12.8 Å². The van der Waals surface area contributed by atoms with E-state index < -0.39 is 10.0 Å². The Labute approximate surface area is 188 Å². The molecule has 0 atom stereocenters. The second-order valence-corrected chi connectivity index (χ2v) is 9.97. The maximum atomic E-state index is 12.6. The number of fused-ring (bicyclic) bond motifs is 1. The molecular formula is C23H27ClN4O2S. The average molecular weight is 459 g/mol. The van der Waals surface area contributed by atoms with Crippen molar-refractivity contribution in [1.29, 1.82) is 0 Å². The topological polar surface area (TPSA) is 65.5 Å². The van der Waals surface area contributed by atoms with Gasteiger partial charge < -0.3 is 4.90 Å². The summed E-state index contributed by atoms with van der Waals surface area (Å²) in [6.45, 7) is 5.38. The molecule has 8 heteroatoms. The number of anilines is 1. The molecule has 6 nitrogen and oxygen atoms in total. The van der Waals surface area contributed by atoms with E-state index in [1.54, 1.807) is 30.5 Å². The summed E-state index contributed by atoms with van der Waals surface area (Å²) >= 11 is 6.10. The minimum Gasteiger partial charge on any atom is -0.369 e. The van der Waals surface area contributed by atoms with Gasteiger partial charge >= 0.3 is 0 Å². The lowest BCUT2D eigenvalue weighted by molar-refractivity contribution is 0.253. The lowest BCUT2D eigenvalue weighted by Crippen LogP contribution is -2.46. The first-order valence-electron chi connectivity index (χ1n) is 10.6. The van der Waals surface area contributed by atoms with E-state index in [1.807, 2.05) is 24.3 Å². The fourth-order valence-corrected chi connectivity index (χ4v) is 5.17. The SMILES string of the molecule is O=S(=O)(NCCCCN1CCN(c2cccc(Cl)c2)CC1)c1ccc2ncccc2c1. The number of piperazine rings is 1. The van der Waals surface area contributed by atoms with Gasteiger partial charge in [0.25, 0.3) is 0 Å². The number of nitrogens with one attached hydrogen (secondary N) is 1. The van der Waals surface area contributed by atoms with Crippen molar-refractivity contribution in [2.24, 2.45) is 0 Å². The van der Waals surface area contributed by atoms with E-state index in [-0.39, 0.29) is 4.90 Å². The van der Waals surface area contributed by atoms with Crippen molar-refractivity contribution in [1.82, 2.24) is 14.6 Å². The van der Waals surface area contributed by atoms with Gasteiger partial charge in [-0.25, -0.2) is 13.1 Å². The molecule has 0 radical (unpaired) electrons. The number of unbranched alkanes of at least 4 members (excludes halogenated alkanes) is 1. The van der Waals surface area contributed by atoms with Gasteiger partial charge in [-0.05, 0) is 61.9 Å². The summed E-state index contributed by atoms with van der Waals surface area (Å²) < 4.78 is 27.9. The van der Waals surface area contributed by atoms with Crippen LogP contribution in [-0.2, 0) is 10.0 Å². The van der Waals surface area contributed by atoms with Crippen LogP contribution in [0.2, 0.25) is 5.02 Å². The standard InChI is InChI=1S/C23H27ClN4O2S/c24-20-6-3-7-21(18-20)28-15-13-27(14-16-28)12-2-1-11-26-31(29,30)22-8-9-23-19(17-22)5-4-10-25-23/h3-10,17-18,26H,1-2,11-16H2. The quantitative estimate of drug-likeness (QED) is 0.520. The molecule has 1 fully saturated rings. The van der Waals surface area contributed by atoms with E-state index in [4.69, 9.17) is 11.6 Å². The summed E-state index contributed by atoms with van der Waals surface area (Å²) in [6, 6.07) is 16.7. The Kier molecular flexibility index (Phi) is 7.07. The van der Waals surface area contributed by atoms with Gasteiger partial charge in [-0.15, -0.1) is 0 Å². The lowest BCUT2D eigenvalue weighted by Gasteiger charge is -2.36. The van der Waals surface area contributed by atoms with Crippen LogP contribution >= 0.6 is 11.6 Å². The predicted molar refractivity (Wildman–Crippen MR) is 126 cm³/mol. The molecule has 1 N–H and O–H groups in total. The van der Waals surface area contributed by atoms with Gasteiger partial charge in [0.15, 0.2) is 0 Å². The monoisotopic (exact) mass is 458 g/mol. The highest BCUT2D eigenvalue weighted by atomic mass is 35.5. The molecule has 1 saturated heterocycles. The Balaban J connectivity index is 1.19. The maximum Gasteiger partial charge on any atom is 0.240 e. The number of hydrogen-bond donors (Lipinski definition) is 1. The minimum atomic E-state index is -3.51. The average Bonchev–Trinajstić information content (AvgIpc) is 2.79. The van der Waals surface area contributed by atoms with E-state index in [2.05, 4.69) is 25.6 Å². The van der Waals surface area contributed by atoms with E-state index in [9.17, 15) is 8.42 Å². The molecule has 0 saturated carbocycles. The van der Waals surface area contributed by atoms with Crippen molar-refractivity contribution in [3.8, 4) is 0 Å². The van der Waals surface area contributed by atoms with Gasteiger partial charge in [0.2, 0.25) is 10.0 Å². The third-order valence-corrected chi connectivity index (χ3v) is 7.32. The third-order valence-electron chi connectivity index (χ3n) is 5.62. The second kappa shape index (κ2) is 9.96. The van der Waals surface area contributed by atoms with Crippen molar-refractivity contribution in [3.05, 3.63) is 65.8 Å². The van der Waals surface area contributed by atoms with Crippen LogP contribution in [0.5, 0.6) is 0 Å². The van der Waals surface area contributed by atoms with Crippen molar-refractivity contribution in [2.75, 3.05) is 44.2 Å². The van der Waals surface area contributed by atoms with Crippen LogP contribution in [0.15, 0.2) is 65.7 Å². The molecule has 164 valence electrons. The largest absolute Gasteiger partial charge is 0.369 e. The molecule has 0 aliphatic carbocycles. The lowest BCUT2D eigenvalue weighted by atomic mass is 10.2. The highest BCUT2D eigenvalue weighted by molar-refractivity contribution is 7.89. The molecule has 1 aromatic heterocycles. The van der Waals surface area contributed by atoms with Crippen LogP contribution in [0.4, 0.5) is 5.69 Å². The van der Waals surface area contributed by atoms with Crippen molar-refractivity contribution in [2.45, 2.75) is 17.7 Å². The zero-order valence-electron chi connectivity index (χ0n) is 17.4.